The number of carbonyl (C=O) groups is 1. The van der Waals surface area contributed by atoms with Gasteiger partial charge < -0.3 is 10.4 Å². The van der Waals surface area contributed by atoms with E-state index < -0.39 is 5.97 Å². The Hall–Kier alpha value is -2.37. The molecule has 1 heterocycles. The molecule has 0 unspecified atom stereocenters. The van der Waals surface area contributed by atoms with Gasteiger partial charge in [-0.1, -0.05) is 17.6 Å². The Bertz CT molecular complexity index is 540. The van der Waals surface area contributed by atoms with Crippen LogP contribution in [0.5, 0.6) is 0 Å². The van der Waals surface area contributed by atoms with Gasteiger partial charge >= 0.3 is 5.97 Å². The van der Waals surface area contributed by atoms with Gasteiger partial charge in [-0.15, -0.1) is 0 Å². The van der Waals surface area contributed by atoms with Crippen molar-refractivity contribution >= 4 is 30.9 Å². The van der Waals surface area contributed by atoms with Crippen molar-refractivity contribution < 1.29 is 9.90 Å². The Kier molecular flexibility index (Phi) is 3.57. The van der Waals surface area contributed by atoms with Gasteiger partial charge in [0.1, 0.15) is 7.85 Å². The molecule has 0 amide bonds. The molecule has 0 saturated carbocycles. The van der Waals surface area contributed by atoms with Gasteiger partial charge in [0.2, 0.25) is 5.95 Å². The third-order valence-corrected chi connectivity index (χ3v) is 2.35. The monoisotopic (exact) mass is 241 g/mol. The third-order valence-electron chi connectivity index (χ3n) is 2.35. The predicted octanol–water partition coefficient (Wildman–Crippen LogP) is 0.106. The van der Waals surface area contributed by atoms with E-state index in [0.29, 0.717) is 5.95 Å². The minimum Gasteiger partial charge on any atom is -0.481 e. The van der Waals surface area contributed by atoms with Gasteiger partial charge in [-0.2, -0.15) is 0 Å². The Morgan fingerprint density at radius 1 is 1.22 bits per heavy atom. The highest BCUT2D eigenvalue weighted by atomic mass is 16.4. The Morgan fingerprint density at radius 2 is 1.83 bits per heavy atom. The number of aliphatic carboxylic acids is 1. The van der Waals surface area contributed by atoms with E-state index in [1.54, 1.807) is 24.5 Å². The predicted molar refractivity (Wildman–Crippen MR) is 71.3 cm³/mol. The van der Waals surface area contributed by atoms with E-state index in [1.807, 2.05) is 20.0 Å². The molecule has 2 N–H and O–H groups in total. The fraction of sp³-hybridized carbons (Fsp3) is 0.0833. The molecule has 0 aliphatic heterocycles. The van der Waals surface area contributed by atoms with Crippen LogP contribution in [0.25, 0.3) is 0 Å². The summed E-state index contributed by atoms with van der Waals surface area (Å²) in [6, 6.07) is 7.15. The summed E-state index contributed by atoms with van der Waals surface area (Å²) >= 11 is 0. The fourth-order valence-electron chi connectivity index (χ4n) is 1.47. The largest absolute Gasteiger partial charge is 0.481 e. The van der Waals surface area contributed by atoms with E-state index in [9.17, 15) is 4.79 Å². The quantitative estimate of drug-likeness (QED) is 0.743. The fourth-order valence-corrected chi connectivity index (χ4v) is 1.47. The van der Waals surface area contributed by atoms with E-state index in [-0.39, 0.29) is 6.42 Å². The maximum Gasteiger partial charge on any atom is 0.307 e. The number of anilines is 2. The van der Waals surface area contributed by atoms with Crippen LogP contribution in [0.15, 0.2) is 36.7 Å². The molecular weight excluding hydrogens is 229 g/mol. The van der Waals surface area contributed by atoms with Crippen LogP contribution in [0.1, 0.15) is 5.56 Å². The van der Waals surface area contributed by atoms with Gasteiger partial charge in [0.15, 0.2) is 0 Å². The SMILES string of the molecule is Bc1cnc(Nc2ccc(CC(=O)O)cc2)nc1. The number of hydrogen-bond donors (Lipinski definition) is 2. The second-order valence-corrected chi connectivity index (χ2v) is 3.98. The van der Waals surface area contributed by atoms with Gasteiger partial charge in [0.05, 0.1) is 6.42 Å². The van der Waals surface area contributed by atoms with Crippen LogP contribution in [0.4, 0.5) is 11.6 Å². The molecule has 6 heteroatoms. The zero-order valence-electron chi connectivity index (χ0n) is 9.92. The summed E-state index contributed by atoms with van der Waals surface area (Å²) in [6.07, 6.45) is 3.49. The van der Waals surface area contributed by atoms with Crippen molar-refractivity contribution in [1.29, 1.82) is 0 Å². The molecule has 5 nitrogen and oxygen atoms in total. The van der Waals surface area contributed by atoms with Gasteiger partial charge in [-0.3, -0.25) is 4.79 Å². The van der Waals surface area contributed by atoms with Gasteiger partial charge in [-0.25, -0.2) is 9.97 Å². The molecule has 2 aromatic rings. The minimum atomic E-state index is -0.836. The summed E-state index contributed by atoms with van der Waals surface area (Å²) in [5, 5.41) is 11.7. The average molecular weight is 241 g/mol. The molecule has 0 atom stereocenters. The van der Waals surface area contributed by atoms with Crippen molar-refractivity contribution in [3.05, 3.63) is 42.2 Å². The van der Waals surface area contributed by atoms with Crippen molar-refractivity contribution in [3.8, 4) is 0 Å². The Balaban J connectivity index is 2.06. The molecule has 0 radical (unpaired) electrons. The molecule has 18 heavy (non-hydrogen) atoms. The minimum absolute atomic E-state index is 0.0291. The lowest BCUT2D eigenvalue weighted by atomic mass is 10.0. The highest BCUT2D eigenvalue weighted by Crippen LogP contribution is 2.13. The summed E-state index contributed by atoms with van der Waals surface area (Å²) in [4.78, 5) is 18.8. The summed E-state index contributed by atoms with van der Waals surface area (Å²) in [7, 11) is 1.92. The lowest BCUT2D eigenvalue weighted by Crippen LogP contribution is -2.07. The summed E-state index contributed by atoms with van der Waals surface area (Å²) in [5.41, 5.74) is 2.59. The molecule has 0 spiro atoms. The molecule has 2 rings (SSSR count). The first-order chi connectivity index (χ1) is 8.63. The third kappa shape index (κ3) is 3.31. The smallest absolute Gasteiger partial charge is 0.307 e. The summed E-state index contributed by atoms with van der Waals surface area (Å²) in [6.45, 7) is 0. The van der Waals surface area contributed by atoms with Crippen LogP contribution in [0, 0.1) is 0 Å². The van der Waals surface area contributed by atoms with Crippen LogP contribution in [-0.4, -0.2) is 28.9 Å². The number of rotatable bonds is 4. The van der Waals surface area contributed by atoms with E-state index in [2.05, 4.69) is 15.3 Å². The van der Waals surface area contributed by atoms with Crippen LogP contribution < -0.4 is 10.8 Å². The Labute approximate surface area is 105 Å². The summed E-state index contributed by atoms with van der Waals surface area (Å²) < 4.78 is 0. The average Bonchev–Trinajstić information content (AvgIpc) is 2.34. The van der Waals surface area contributed by atoms with E-state index in [1.165, 1.54) is 0 Å². The molecule has 0 saturated heterocycles. The first-order valence-electron chi connectivity index (χ1n) is 5.50. The van der Waals surface area contributed by atoms with Gasteiger partial charge in [0.25, 0.3) is 0 Å². The molecule has 0 bridgehead atoms. The number of nitrogens with one attached hydrogen (secondary N) is 1. The highest BCUT2D eigenvalue weighted by molar-refractivity contribution is 6.31. The zero-order chi connectivity index (χ0) is 13.0. The molecule has 1 aromatic heterocycles. The van der Waals surface area contributed by atoms with Crippen molar-refractivity contribution in [1.82, 2.24) is 9.97 Å². The maximum atomic E-state index is 10.5. The van der Waals surface area contributed by atoms with Gasteiger partial charge in [-0.05, 0) is 17.7 Å². The first kappa shape index (κ1) is 12.1. The van der Waals surface area contributed by atoms with Crippen molar-refractivity contribution in [2.75, 3.05) is 5.32 Å². The maximum absolute atomic E-state index is 10.5. The zero-order valence-corrected chi connectivity index (χ0v) is 9.92. The highest BCUT2D eigenvalue weighted by Gasteiger charge is 2.01. The molecule has 0 aliphatic rings. The molecule has 0 fully saturated rings. The van der Waals surface area contributed by atoms with Crippen LogP contribution in [0.3, 0.4) is 0 Å². The van der Waals surface area contributed by atoms with Crippen molar-refractivity contribution in [2.24, 2.45) is 0 Å². The van der Waals surface area contributed by atoms with E-state index in [0.717, 1.165) is 16.7 Å². The lowest BCUT2D eigenvalue weighted by Gasteiger charge is -2.05. The van der Waals surface area contributed by atoms with Crippen LogP contribution >= 0.6 is 0 Å². The van der Waals surface area contributed by atoms with Crippen molar-refractivity contribution in [3.63, 3.8) is 0 Å². The van der Waals surface area contributed by atoms with E-state index >= 15 is 0 Å². The van der Waals surface area contributed by atoms with Crippen LogP contribution in [-0.2, 0) is 11.2 Å². The number of carboxylic acid groups (broad SMARTS) is 1. The lowest BCUT2D eigenvalue weighted by molar-refractivity contribution is -0.136. The molecular formula is C12H12BN3O2. The second kappa shape index (κ2) is 5.31. The standard InChI is InChI=1S/C12H12BN3O2/c13-9-6-14-12(15-7-9)16-10-3-1-8(2-4-10)5-11(17)18/h1-4,6-7H,5,13H2,(H,17,18)(H,14,15,16). The number of hydrogen-bond acceptors (Lipinski definition) is 4. The van der Waals surface area contributed by atoms with E-state index in [4.69, 9.17) is 5.11 Å². The van der Waals surface area contributed by atoms with Gasteiger partial charge in [0, 0.05) is 18.1 Å². The first-order valence-corrected chi connectivity index (χ1v) is 5.50. The summed E-state index contributed by atoms with van der Waals surface area (Å²) in [5.74, 6) is -0.316. The number of benzene rings is 1. The molecule has 90 valence electrons. The Morgan fingerprint density at radius 3 is 2.39 bits per heavy atom. The second-order valence-electron chi connectivity index (χ2n) is 3.98. The normalized spacial score (nSPS) is 10.0. The topological polar surface area (TPSA) is 75.1 Å². The van der Waals surface area contributed by atoms with Crippen molar-refractivity contribution in [2.45, 2.75) is 6.42 Å². The molecule has 0 aliphatic carbocycles. The molecule has 1 aromatic carbocycles. The number of carboxylic acids is 1. The van der Waals surface area contributed by atoms with Crippen LogP contribution in [0.2, 0.25) is 0 Å². The number of aromatic nitrogens is 2. The number of nitrogens with zero attached hydrogens (tertiary/aromatic N) is 2.